The lowest BCUT2D eigenvalue weighted by Crippen LogP contribution is -2.48. The summed E-state index contributed by atoms with van der Waals surface area (Å²) in [6, 6.07) is 5.25. The first-order valence-electron chi connectivity index (χ1n) is 6.75. The Kier molecular flexibility index (Phi) is 3.80. The zero-order valence-electron chi connectivity index (χ0n) is 12.9. The van der Waals surface area contributed by atoms with Crippen molar-refractivity contribution in [3.63, 3.8) is 0 Å². The van der Waals surface area contributed by atoms with Crippen molar-refractivity contribution in [2.75, 3.05) is 0 Å². The highest BCUT2D eigenvalue weighted by molar-refractivity contribution is 5.93. The summed E-state index contributed by atoms with van der Waals surface area (Å²) in [5.41, 5.74) is -1.32. The smallest absolute Gasteiger partial charge is 0.341 e. The molecule has 1 aliphatic heterocycles. The molecule has 0 bridgehead atoms. The fraction of sp³-hybridized carbons (Fsp3) is 0.400. The minimum atomic E-state index is -0.888. The lowest BCUT2D eigenvalue weighted by atomic mass is 9.97. The number of non-ortho nitro benzene ring substituents is 1. The first-order valence-corrected chi connectivity index (χ1v) is 6.75. The molecule has 0 unspecified atom stereocenters. The first kappa shape index (κ1) is 16.1. The lowest BCUT2D eigenvalue weighted by Gasteiger charge is -2.35. The number of benzene rings is 1. The molecule has 0 aliphatic carbocycles. The quantitative estimate of drug-likeness (QED) is 0.399. The number of nitrogens with zero attached hydrogens (tertiary/aromatic N) is 2. The van der Waals surface area contributed by atoms with Gasteiger partial charge in [0.15, 0.2) is 0 Å². The molecule has 1 heterocycles. The Bertz CT molecular complexity index is 646. The summed E-state index contributed by atoms with van der Waals surface area (Å²) in [5.74, 6) is -0.384. The van der Waals surface area contributed by atoms with Gasteiger partial charge in [-0.3, -0.25) is 10.1 Å². The maximum atomic E-state index is 12.3. The molecule has 0 atom stereocenters. The Hall–Kier alpha value is -2.25. The normalized spacial score (nSPS) is 19.6. The zero-order valence-corrected chi connectivity index (χ0v) is 12.9. The van der Waals surface area contributed by atoms with E-state index in [0.717, 1.165) is 5.06 Å². The van der Waals surface area contributed by atoms with E-state index in [1.165, 1.54) is 24.3 Å². The van der Waals surface area contributed by atoms with Gasteiger partial charge in [-0.2, -0.15) is 5.06 Å². The van der Waals surface area contributed by atoms with E-state index in [1.807, 2.05) is 0 Å². The fourth-order valence-corrected chi connectivity index (χ4v) is 2.53. The first-order chi connectivity index (χ1) is 10.1. The van der Waals surface area contributed by atoms with Gasteiger partial charge >= 0.3 is 5.97 Å². The maximum Gasteiger partial charge on any atom is 0.341 e. The van der Waals surface area contributed by atoms with Crippen LogP contribution in [0.1, 0.15) is 27.7 Å². The van der Waals surface area contributed by atoms with Crippen LogP contribution in [-0.2, 0) is 4.79 Å². The number of hydroxylamine groups is 2. The Morgan fingerprint density at radius 2 is 1.77 bits per heavy atom. The highest BCUT2D eigenvalue weighted by Gasteiger charge is 2.48. The third-order valence-electron chi connectivity index (χ3n) is 3.71. The van der Waals surface area contributed by atoms with E-state index in [0.29, 0.717) is 5.57 Å². The van der Waals surface area contributed by atoms with Gasteiger partial charge in [-0.05, 0) is 39.8 Å². The van der Waals surface area contributed by atoms with E-state index in [-0.39, 0.29) is 11.4 Å². The van der Waals surface area contributed by atoms with E-state index < -0.39 is 22.0 Å². The summed E-state index contributed by atoms with van der Waals surface area (Å²) in [5, 5.41) is 21.9. The number of hydrogen-bond donors (Lipinski definition) is 1. The minimum absolute atomic E-state index is 0.0807. The standard InChI is InChI=1S/C15H18N2O5/c1-14(2)9-12(15(3,4)17(14)21)13(18)22-11-7-5-10(6-8-11)16(19)20/h5-9,21H,1-4H3. The van der Waals surface area contributed by atoms with Crippen LogP contribution in [-0.4, -0.2) is 32.2 Å². The topological polar surface area (TPSA) is 92.9 Å². The second-order valence-corrected chi connectivity index (χ2v) is 6.22. The van der Waals surface area contributed by atoms with Gasteiger partial charge in [0.1, 0.15) is 5.75 Å². The SMILES string of the molecule is CC1(C)C=C(C(=O)Oc2ccc([N+](=O)[O-])cc2)C(C)(C)N1O. The molecule has 0 saturated carbocycles. The largest absolute Gasteiger partial charge is 0.423 e. The predicted molar refractivity (Wildman–Crippen MR) is 78.6 cm³/mol. The summed E-state index contributed by atoms with van der Waals surface area (Å²) < 4.78 is 5.24. The molecule has 1 aliphatic rings. The van der Waals surface area contributed by atoms with Gasteiger partial charge in [0.25, 0.3) is 5.69 Å². The van der Waals surface area contributed by atoms with Gasteiger partial charge in [0, 0.05) is 12.1 Å². The van der Waals surface area contributed by atoms with Gasteiger partial charge in [0.2, 0.25) is 0 Å². The summed E-state index contributed by atoms with van der Waals surface area (Å²) in [4.78, 5) is 22.4. The molecule has 1 aromatic rings. The predicted octanol–water partition coefficient (Wildman–Crippen LogP) is 2.69. The summed E-state index contributed by atoms with van der Waals surface area (Å²) in [7, 11) is 0. The molecule has 118 valence electrons. The molecule has 0 spiro atoms. The zero-order chi connectivity index (χ0) is 16.7. The van der Waals surface area contributed by atoms with Crippen molar-refractivity contribution in [3.8, 4) is 5.75 Å². The molecule has 0 aromatic heterocycles. The number of rotatable bonds is 3. The third kappa shape index (κ3) is 2.72. The Morgan fingerprint density at radius 3 is 2.18 bits per heavy atom. The minimum Gasteiger partial charge on any atom is -0.423 e. The average Bonchev–Trinajstić information content (AvgIpc) is 2.59. The number of nitro benzene ring substituents is 1. The van der Waals surface area contributed by atoms with Gasteiger partial charge in [-0.1, -0.05) is 6.08 Å². The Labute approximate surface area is 127 Å². The number of hydrogen-bond acceptors (Lipinski definition) is 6. The molecule has 0 amide bonds. The van der Waals surface area contributed by atoms with Crippen LogP contribution in [0.25, 0.3) is 0 Å². The number of nitro groups is 1. The molecule has 7 heteroatoms. The number of carbonyl (C=O) groups excluding carboxylic acids is 1. The van der Waals surface area contributed by atoms with Crippen LogP contribution in [0, 0.1) is 10.1 Å². The highest BCUT2D eigenvalue weighted by atomic mass is 16.6. The Balaban J connectivity index is 2.21. The van der Waals surface area contributed by atoms with Crippen LogP contribution in [0.4, 0.5) is 5.69 Å². The second-order valence-electron chi connectivity index (χ2n) is 6.22. The van der Waals surface area contributed by atoms with Crippen LogP contribution in [0.2, 0.25) is 0 Å². The average molecular weight is 306 g/mol. The van der Waals surface area contributed by atoms with Gasteiger partial charge in [-0.15, -0.1) is 0 Å². The molecule has 0 fully saturated rings. The van der Waals surface area contributed by atoms with Gasteiger partial charge in [0.05, 0.1) is 21.6 Å². The van der Waals surface area contributed by atoms with Crippen molar-refractivity contribution in [1.82, 2.24) is 5.06 Å². The van der Waals surface area contributed by atoms with Gasteiger partial charge < -0.3 is 9.94 Å². The van der Waals surface area contributed by atoms with Crippen LogP contribution >= 0.6 is 0 Å². The molecular formula is C15H18N2O5. The monoisotopic (exact) mass is 306 g/mol. The van der Waals surface area contributed by atoms with E-state index >= 15 is 0 Å². The highest BCUT2D eigenvalue weighted by Crippen LogP contribution is 2.38. The summed E-state index contributed by atoms with van der Waals surface area (Å²) >= 11 is 0. The van der Waals surface area contributed by atoms with Crippen molar-refractivity contribution < 1.29 is 19.7 Å². The second kappa shape index (κ2) is 5.19. The van der Waals surface area contributed by atoms with Crippen molar-refractivity contribution >= 4 is 11.7 Å². The van der Waals surface area contributed by atoms with Crippen LogP contribution in [0.5, 0.6) is 5.75 Å². The maximum absolute atomic E-state index is 12.3. The van der Waals surface area contributed by atoms with Crippen LogP contribution < -0.4 is 4.74 Å². The molecule has 1 N–H and O–H groups in total. The number of esters is 1. The van der Waals surface area contributed by atoms with Crippen molar-refractivity contribution in [1.29, 1.82) is 0 Å². The molecule has 0 radical (unpaired) electrons. The van der Waals surface area contributed by atoms with E-state index in [4.69, 9.17) is 4.74 Å². The molecule has 2 rings (SSSR count). The van der Waals surface area contributed by atoms with Gasteiger partial charge in [-0.25, -0.2) is 4.79 Å². The molecule has 1 aromatic carbocycles. The van der Waals surface area contributed by atoms with E-state index in [1.54, 1.807) is 33.8 Å². The third-order valence-corrected chi connectivity index (χ3v) is 3.71. The van der Waals surface area contributed by atoms with Crippen LogP contribution in [0.3, 0.4) is 0 Å². The van der Waals surface area contributed by atoms with Crippen molar-refractivity contribution in [2.45, 2.75) is 38.8 Å². The number of carbonyl (C=O) groups is 1. The summed E-state index contributed by atoms with van der Waals surface area (Å²) in [6.45, 7) is 6.98. The fourth-order valence-electron chi connectivity index (χ4n) is 2.53. The Morgan fingerprint density at radius 1 is 1.23 bits per heavy atom. The molecule has 0 saturated heterocycles. The van der Waals surface area contributed by atoms with Crippen molar-refractivity contribution in [3.05, 3.63) is 46.0 Å². The van der Waals surface area contributed by atoms with Crippen molar-refractivity contribution in [2.24, 2.45) is 0 Å². The van der Waals surface area contributed by atoms with E-state index in [2.05, 4.69) is 0 Å². The lowest BCUT2D eigenvalue weighted by molar-refractivity contribution is -0.384. The molecule has 22 heavy (non-hydrogen) atoms. The number of ether oxygens (including phenoxy) is 1. The van der Waals surface area contributed by atoms with Crippen LogP contribution in [0.15, 0.2) is 35.9 Å². The summed E-state index contributed by atoms with van der Waals surface area (Å²) in [6.07, 6.45) is 1.65. The van der Waals surface area contributed by atoms with E-state index in [9.17, 15) is 20.1 Å². The molecule has 7 nitrogen and oxygen atoms in total. The molecular weight excluding hydrogens is 288 g/mol.